The lowest BCUT2D eigenvalue weighted by atomic mass is 9.95. The zero-order valence-corrected chi connectivity index (χ0v) is 11.2. The summed E-state index contributed by atoms with van der Waals surface area (Å²) >= 11 is 0. The summed E-state index contributed by atoms with van der Waals surface area (Å²) in [7, 11) is 1.99. The van der Waals surface area contributed by atoms with Crippen LogP contribution in [0.15, 0.2) is 66.9 Å². The molecule has 0 amide bonds. The SMILES string of the molecule is Cn1nccc1-c1c2ccccc2cc2ccccc12. The summed E-state index contributed by atoms with van der Waals surface area (Å²) < 4.78 is 1.94. The third kappa shape index (κ3) is 1.55. The summed E-state index contributed by atoms with van der Waals surface area (Å²) in [6, 6.07) is 21.4. The molecule has 0 atom stereocenters. The van der Waals surface area contributed by atoms with Crippen LogP contribution in [0.2, 0.25) is 0 Å². The highest BCUT2D eigenvalue weighted by atomic mass is 15.3. The first kappa shape index (κ1) is 11.2. The minimum absolute atomic E-state index is 1.15. The van der Waals surface area contributed by atoms with Crippen molar-refractivity contribution in [3.05, 3.63) is 66.9 Å². The number of hydrogen-bond acceptors (Lipinski definition) is 1. The summed E-state index contributed by atoms with van der Waals surface area (Å²) in [5.74, 6) is 0. The maximum absolute atomic E-state index is 4.32. The van der Waals surface area contributed by atoms with E-state index in [9.17, 15) is 0 Å². The van der Waals surface area contributed by atoms with Crippen LogP contribution in [0.5, 0.6) is 0 Å². The number of rotatable bonds is 1. The van der Waals surface area contributed by atoms with Crippen LogP contribution in [0.1, 0.15) is 0 Å². The van der Waals surface area contributed by atoms with Crippen LogP contribution in [-0.4, -0.2) is 9.78 Å². The second-order valence-electron chi connectivity index (χ2n) is 5.03. The minimum Gasteiger partial charge on any atom is -0.268 e. The highest BCUT2D eigenvalue weighted by molar-refractivity contribution is 6.12. The van der Waals surface area contributed by atoms with Crippen LogP contribution in [0.3, 0.4) is 0 Å². The van der Waals surface area contributed by atoms with Crippen LogP contribution in [-0.2, 0) is 7.05 Å². The molecule has 4 aromatic rings. The molecule has 20 heavy (non-hydrogen) atoms. The van der Waals surface area contributed by atoms with E-state index in [1.54, 1.807) is 0 Å². The number of nitrogens with zero attached hydrogens (tertiary/aromatic N) is 2. The van der Waals surface area contributed by atoms with Gasteiger partial charge in [-0.05, 0) is 33.7 Å². The van der Waals surface area contributed by atoms with Gasteiger partial charge in [0.05, 0.1) is 5.69 Å². The van der Waals surface area contributed by atoms with Crippen molar-refractivity contribution < 1.29 is 0 Å². The Morgan fingerprint density at radius 1 is 0.800 bits per heavy atom. The topological polar surface area (TPSA) is 17.8 Å². The van der Waals surface area contributed by atoms with Gasteiger partial charge in [0.2, 0.25) is 0 Å². The molecule has 2 nitrogen and oxygen atoms in total. The average molecular weight is 258 g/mol. The van der Waals surface area contributed by atoms with Crippen molar-refractivity contribution in [2.75, 3.05) is 0 Å². The zero-order valence-electron chi connectivity index (χ0n) is 11.2. The Labute approximate surface area is 117 Å². The lowest BCUT2D eigenvalue weighted by Gasteiger charge is -2.11. The van der Waals surface area contributed by atoms with Gasteiger partial charge >= 0.3 is 0 Å². The van der Waals surface area contributed by atoms with Gasteiger partial charge in [-0.15, -0.1) is 0 Å². The highest BCUT2D eigenvalue weighted by Gasteiger charge is 2.11. The summed E-state index contributed by atoms with van der Waals surface area (Å²) in [4.78, 5) is 0. The van der Waals surface area contributed by atoms with Crippen LogP contribution in [0.25, 0.3) is 32.8 Å². The van der Waals surface area contributed by atoms with E-state index >= 15 is 0 Å². The van der Waals surface area contributed by atoms with Crippen molar-refractivity contribution >= 4 is 21.5 Å². The first-order valence-corrected chi connectivity index (χ1v) is 6.73. The Bertz CT molecular complexity index is 865. The molecule has 0 aliphatic heterocycles. The molecule has 0 saturated heterocycles. The highest BCUT2D eigenvalue weighted by Crippen LogP contribution is 2.35. The number of aromatic nitrogens is 2. The van der Waals surface area contributed by atoms with E-state index in [1.807, 2.05) is 17.9 Å². The van der Waals surface area contributed by atoms with Crippen LogP contribution < -0.4 is 0 Å². The van der Waals surface area contributed by atoms with E-state index in [0.717, 1.165) is 5.69 Å². The number of benzene rings is 3. The van der Waals surface area contributed by atoms with Crippen LogP contribution >= 0.6 is 0 Å². The Morgan fingerprint density at radius 3 is 1.95 bits per heavy atom. The summed E-state index contributed by atoms with van der Waals surface area (Å²) in [5.41, 5.74) is 2.41. The van der Waals surface area contributed by atoms with Gasteiger partial charge in [-0.3, -0.25) is 4.68 Å². The van der Waals surface area contributed by atoms with Crippen molar-refractivity contribution in [3.63, 3.8) is 0 Å². The van der Waals surface area contributed by atoms with Crippen molar-refractivity contribution in [1.82, 2.24) is 9.78 Å². The molecule has 1 heterocycles. The molecule has 0 fully saturated rings. The van der Waals surface area contributed by atoms with Gasteiger partial charge in [0.1, 0.15) is 0 Å². The second-order valence-corrected chi connectivity index (χ2v) is 5.03. The minimum atomic E-state index is 1.15. The molecule has 0 spiro atoms. The first-order chi connectivity index (χ1) is 9.84. The van der Waals surface area contributed by atoms with E-state index in [0.29, 0.717) is 0 Å². The smallest absolute Gasteiger partial charge is 0.0691 e. The fraction of sp³-hybridized carbons (Fsp3) is 0.0556. The molecule has 0 radical (unpaired) electrons. The lowest BCUT2D eigenvalue weighted by molar-refractivity contribution is 0.777. The van der Waals surface area contributed by atoms with Crippen LogP contribution in [0.4, 0.5) is 0 Å². The molecule has 2 heteroatoms. The summed E-state index contributed by atoms with van der Waals surface area (Å²) in [6.45, 7) is 0. The molecule has 96 valence electrons. The maximum atomic E-state index is 4.32. The average Bonchev–Trinajstić information content (AvgIpc) is 2.90. The molecule has 0 bridgehead atoms. The van der Waals surface area contributed by atoms with Crippen molar-refractivity contribution in [3.8, 4) is 11.3 Å². The Hall–Kier alpha value is -2.61. The molecule has 0 saturated carbocycles. The van der Waals surface area contributed by atoms with Gasteiger partial charge in [0.25, 0.3) is 0 Å². The van der Waals surface area contributed by atoms with E-state index in [4.69, 9.17) is 0 Å². The van der Waals surface area contributed by atoms with Gasteiger partial charge in [0, 0.05) is 18.8 Å². The molecular weight excluding hydrogens is 244 g/mol. The van der Waals surface area contributed by atoms with Gasteiger partial charge in [-0.25, -0.2) is 0 Å². The summed E-state index contributed by atoms with van der Waals surface area (Å²) in [5, 5.41) is 9.40. The second kappa shape index (κ2) is 4.20. The monoisotopic (exact) mass is 258 g/mol. The molecule has 0 N–H and O–H groups in total. The predicted molar refractivity (Wildman–Crippen MR) is 83.7 cm³/mol. The predicted octanol–water partition coefficient (Wildman–Crippen LogP) is 4.39. The molecule has 0 unspecified atom stereocenters. The van der Waals surface area contributed by atoms with Gasteiger partial charge < -0.3 is 0 Å². The van der Waals surface area contributed by atoms with Gasteiger partial charge in [0.15, 0.2) is 0 Å². The van der Waals surface area contributed by atoms with Crippen molar-refractivity contribution in [2.24, 2.45) is 7.05 Å². The molecule has 0 aliphatic rings. The number of fused-ring (bicyclic) bond motifs is 2. The zero-order chi connectivity index (χ0) is 13.5. The molecule has 4 rings (SSSR count). The largest absolute Gasteiger partial charge is 0.268 e. The fourth-order valence-electron chi connectivity index (χ4n) is 2.91. The Morgan fingerprint density at radius 2 is 1.40 bits per heavy atom. The van der Waals surface area contributed by atoms with Crippen molar-refractivity contribution in [1.29, 1.82) is 0 Å². The standard InChI is InChI=1S/C18H14N2/c1-20-17(10-11-19-20)18-15-8-4-2-6-13(15)12-14-7-3-5-9-16(14)18/h2-12H,1H3. The Balaban J connectivity index is 2.26. The van der Waals surface area contributed by atoms with Gasteiger partial charge in [-0.1, -0.05) is 48.5 Å². The molecule has 0 aliphatic carbocycles. The third-order valence-electron chi connectivity index (χ3n) is 3.85. The number of hydrogen-bond donors (Lipinski definition) is 0. The quantitative estimate of drug-likeness (QED) is 0.463. The summed E-state index contributed by atoms with van der Waals surface area (Å²) in [6.07, 6.45) is 1.85. The lowest BCUT2D eigenvalue weighted by Crippen LogP contribution is -1.95. The van der Waals surface area contributed by atoms with Crippen molar-refractivity contribution in [2.45, 2.75) is 0 Å². The molecule has 3 aromatic carbocycles. The fourth-order valence-corrected chi connectivity index (χ4v) is 2.91. The maximum Gasteiger partial charge on any atom is 0.0691 e. The Kier molecular flexibility index (Phi) is 2.36. The third-order valence-corrected chi connectivity index (χ3v) is 3.85. The van der Waals surface area contributed by atoms with E-state index < -0.39 is 0 Å². The molecule has 1 aromatic heterocycles. The van der Waals surface area contributed by atoms with E-state index in [2.05, 4.69) is 65.8 Å². The first-order valence-electron chi connectivity index (χ1n) is 6.73. The van der Waals surface area contributed by atoms with E-state index in [-0.39, 0.29) is 0 Å². The van der Waals surface area contributed by atoms with Gasteiger partial charge in [-0.2, -0.15) is 5.10 Å². The normalized spacial score (nSPS) is 11.2. The van der Waals surface area contributed by atoms with E-state index in [1.165, 1.54) is 27.1 Å². The van der Waals surface area contributed by atoms with Crippen LogP contribution in [0, 0.1) is 0 Å². The molecular formula is C18H14N2. The number of aryl methyl sites for hydroxylation is 1.